The van der Waals surface area contributed by atoms with Crippen LogP contribution in [0.3, 0.4) is 0 Å². The summed E-state index contributed by atoms with van der Waals surface area (Å²) in [7, 11) is 0. The third-order valence-corrected chi connectivity index (χ3v) is 4.03. The summed E-state index contributed by atoms with van der Waals surface area (Å²) < 4.78 is 0. The zero-order valence-corrected chi connectivity index (χ0v) is 14.5. The summed E-state index contributed by atoms with van der Waals surface area (Å²) in [5.41, 5.74) is 7.89. The standard InChI is InChI=1S/C19H26N4O/c1-3-4-8-11-21-17(12-15-9-6-5-7-10-15)18(24)16-13-22-19(20)23-14(16)2/h5-7,9-10,13,17,21H,3-4,8,11-12H2,1-2H3,(H2,20,22,23). The summed E-state index contributed by atoms with van der Waals surface area (Å²) in [6.45, 7) is 4.79. The van der Waals surface area contributed by atoms with Crippen molar-refractivity contribution in [2.45, 2.75) is 45.6 Å². The van der Waals surface area contributed by atoms with Crippen LogP contribution in [0.15, 0.2) is 36.5 Å². The number of Topliss-reactive ketones (excluding diaryl/α,β-unsaturated/α-hetero) is 1. The van der Waals surface area contributed by atoms with Crippen LogP contribution < -0.4 is 11.1 Å². The normalized spacial score (nSPS) is 12.1. The van der Waals surface area contributed by atoms with E-state index in [9.17, 15) is 4.79 Å². The van der Waals surface area contributed by atoms with Crippen LogP contribution in [0.4, 0.5) is 5.95 Å². The second-order valence-electron chi connectivity index (χ2n) is 6.00. The van der Waals surface area contributed by atoms with Gasteiger partial charge in [-0.3, -0.25) is 4.79 Å². The summed E-state index contributed by atoms with van der Waals surface area (Å²) in [4.78, 5) is 21.1. The summed E-state index contributed by atoms with van der Waals surface area (Å²) >= 11 is 0. The lowest BCUT2D eigenvalue weighted by atomic mass is 9.97. The van der Waals surface area contributed by atoms with E-state index in [0.717, 1.165) is 31.4 Å². The van der Waals surface area contributed by atoms with Crippen LogP contribution in [0.1, 0.15) is 47.8 Å². The Hall–Kier alpha value is -2.27. The number of hydrogen-bond acceptors (Lipinski definition) is 5. The largest absolute Gasteiger partial charge is 0.368 e. The van der Waals surface area contributed by atoms with Gasteiger partial charge in [0.05, 0.1) is 17.3 Å². The molecule has 2 rings (SSSR count). The summed E-state index contributed by atoms with van der Waals surface area (Å²) in [6.07, 6.45) is 5.56. The van der Waals surface area contributed by atoms with Crippen molar-refractivity contribution in [3.63, 3.8) is 0 Å². The highest BCUT2D eigenvalue weighted by Gasteiger charge is 2.22. The van der Waals surface area contributed by atoms with E-state index < -0.39 is 0 Å². The smallest absolute Gasteiger partial charge is 0.220 e. The van der Waals surface area contributed by atoms with Gasteiger partial charge in [-0.2, -0.15) is 0 Å². The van der Waals surface area contributed by atoms with Crippen LogP contribution in [-0.4, -0.2) is 28.3 Å². The fraction of sp³-hybridized carbons (Fsp3) is 0.421. The fourth-order valence-corrected chi connectivity index (χ4v) is 2.67. The number of aromatic nitrogens is 2. The predicted octanol–water partition coefficient (Wildman–Crippen LogP) is 2.94. The third kappa shape index (κ3) is 5.13. The number of carbonyl (C=O) groups excluding carboxylic acids is 1. The number of hydrogen-bond donors (Lipinski definition) is 2. The van der Waals surface area contributed by atoms with Crippen molar-refractivity contribution >= 4 is 11.7 Å². The van der Waals surface area contributed by atoms with Gasteiger partial charge in [0.25, 0.3) is 0 Å². The van der Waals surface area contributed by atoms with Gasteiger partial charge in [-0.1, -0.05) is 50.1 Å². The number of rotatable bonds is 9. The maximum atomic E-state index is 13.0. The molecule has 1 atom stereocenters. The van der Waals surface area contributed by atoms with E-state index in [1.54, 1.807) is 6.92 Å². The number of anilines is 1. The van der Waals surface area contributed by atoms with Crippen LogP contribution in [0.25, 0.3) is 0 Å². The minimum atomic E-state index is -0.282. The molecule has 2 aromatic rings. The quantitative estimate of drug-likeness (QED) is 0.547. The van der Waals surface area contributed by atoms with E-state index in [2.05, 4.69) is 22.2 Å². The molecule has 5 heteroatoms. The fourth-order valence-electron chi connectivity index (χ4n) is 2.67. The minimum absolute atomic E-state index is 0.0212. The lowest BCUT2D eigenvalue weighted by Gasteiger charge is -2.18. The van der Waals surface area contributed by atoms with Crippen LogP contribution >= 0.6 is 0 Å². The maximum Gasteiger partial charge on any atom is 0.220 e. The number of nitrogens with zero attached hydrogens (tertiary/aromatic N) is 2. The van der Waals surface area contributed by atoms with Crippen molar-refractivity contribution in [2.75, 3.05) is 12.3 Å². The molecule has 0 saturated carbocycles. The van der Waals surface area contributed by atoms with E-state index in [0.29, 0.717) is 17.7 Å². The SMILES string of the molecule is CCCCCNC(Cc1ccccc1)C(=O)c1cnc(N)nc1C. The van der Waals surface area contributed by atoms with Gasteiger partial charge in [0, 0.05) is 6.20 Å². The molecule has 1 unspecified atom stereocenters. The highest BCUT2D eigenvalue weighted by molar-refractivity contribution is 6.01. The Balaban J connectivity index is 2.15. The molecule has 0 amide bonds. The van der Waals surface area contributed by atoms with Gasteiger partial charge in [-0.15, -0.1) is 0 Å². The molecular formula is C19H26N4O. The summed E-state index contributed by atoms with van der Waals surface area (Å²) in [5.74, 6) is 0.215. The third-order valence-electron chi connectivity index (χ3n) is 4.03. The monoisotopic (exact) mass is 326 g/mol. The van der Waals surface area contributed by atoms with Crippen molar-refractivity contribution in [1.29, 1.82) is 0 Å². The van der Waals surface area contributed by atoms with Crippen molar-refractivity contribution < 1.29 is 4.79 Å². The molecule has 128 valence electrons. The molecule has 0 radical (unpaired) electrons. The zero-order valence-electron chi connectivity index (χ0n) is 14.5. The Labute approximate surface area is 143 Å². The molecule has 0 bridgehead atoms. The van der Waals surface area contributed by atoms with Crippen molar-refractivity contribution in [3.8, 4) is 0 Å². The number of nitrogen functional groups attached to an aromatic ring is 1. The maximum absolute atomic E-state index is 13.0. The Morgan fingerprint density at radius 1 is 1.25 bits per heavy atom. The Kier molecular flexibility index (Phi) is 6.88. The molecule has 0 aliphatic rings. The molecule has 24 heavy (non-hydrogen) atoms. The number of unbranched alkanes of at least 4 members (excludes halogenated alkanes) is 2. The highest BCUT2D eigenvalue weighted by atomic mass is 16.1. The number of nitrogens with two attached hydrogens (primary N) is 1. The van der Waals surface area contributed by atoms with Gasteiger partial charge in [0.1, 0.15) is 0 Å². The highest BCUT2D eigenvalue weighted by Crippen LogP contribution is 2.12. The van der Waals surface area contributed by atoms with Gasteiger partial charge >= 0.3 is 0 Å². The van der Waals surface area contributed by atoms with Crippen LogP contribution in [0.5, 0.6) is 0 Å². The molecule has 0 fully saturated rings. The number of carbonyl (C=O) groups is 1. The number of ketones is 1. The molecular weight excluding hydrogens is 300 g/mol. The number of aryl methyl sites for hydroxylation is 1. The van der Waals surface area contributed by atoms with E-state index in [-0.39, 0.29) is 17.8 Å². The second kappa shape index (κ2) is 9.13. The zero-order chi connectivity index (χ0) is 17.4. The van der Waals surface area contributed by atoms with Crippen LogP contribution in [0.2, 0.25) is 0 Å². The van der Waals surface area contributed by atoms with Crippen molar-refractivity contribution in [2.24, 2.45) is 0 Å². The molecule has 1 aromatic carbocycles. The Morgan fingerprint density at radius 3 is 2.67 bits per heavy atom. The summed E-state index contributed by atoms with van der Waals surface area (Å²) in [6, 6.07) is 9.76. The first-order valence-electron chi connectivity index (χ1n) is 8.52. The van der Waals surface area contributed by atoms with Gasteiger partial charge in [0.15, 0.2) is 5.78 Å². The van der Waals surface area contributed by atoms with Gasteiger partial charge in [-0.05, 0) is 31.9 Å². The van der Waals surface area contributed by atoms with Crippen LogP contribution in [0, 0.1) is 6.92 Å². The molecule has 0 saturated heterocycles. The second-order valence-corrected chi connectivity index (χ2v) is 6.00. The molecule has 1 aromatic heterocycles. The molecule has 0 spiro atoms. The average molecular weight is 326 g/mol. The molecule has 0 aliphatic carbocycles. The van der Waals surface area contributed by atoms with E-state index in [1.165, 1.54) is 6.20 Å². The number of benzene rings is 1. The van der Waals surface area contributed by atoms with Crippen molar-refractivity contribution in [1.82, 2.24) is 15.3 Å². The van der Waals surface area contributed by atoms with E-state index in [1.807, 2.05) is 30.3 Å². The lowest BCUT2D eigenvalue weighted by Crippen LogP contribution is -2.39. The van der Waals surface area contributed by atoms with Gasteiger partial charge < -0.3 is 11.1 Å². The average Bonchev–Trinajstić information content (AvgIpc) is 2.58. The van der Waals surface area contributed by atoms with Gasteiger partial charge in [-0.25, -0.2) is 9.97 Å². The molecule has 3 N–H and O–H groups in total. The van der Waals surface area contributed by atoms with E-state index in [4.69, 9.17) is 5.73 Å². The van der Waals surface area contributed by atoms with Crippen LogP contribution in [-0.2, 0) is 6.42 Å². The molecule has 0 aliphatic heterocycles. The topological polar surface area (TPSA) is 80.9 Å². The number of nitrogens with one attached hydrogen (secondary N) is 1. The lowest BCUT2D eigenvalue weighted by molar-refractivity contribution is 0.0941. The predicted molar refractivity (Wildman–Crippen MR) is 97.0 cm³/mol. The first-order valence-corrected chi connectivity index (χ1v) is 8.52. The first-order chi connectivity index (χ1) is 11.6. The minimum Gasteiger partial charge on any atom is -0.368 e. The Bertz CT molecular complexity index is 658. The van der Waals surface area contributed by atoms with Gasteiger partial charge in [0.2, 0.25) is 5.95 Å². The van der Waals surface area contributed by atoms with E-state index >= 15 is 0 Å². The molecule has 5 nitrogen and oxygen atoms in total. The molecule has 1 heterocycles. The van der Waals surface area contributed by atoms with Crippen molar-refractivity contribution in [3.05, 3.63) is 53.3 Å². The first kappa shape index (κ1) is 18.1. The summed E-state index contributed by atoms with van der Waals surface area (Å²) in [5, 5.41) is 3.41. The Morgan fingerprint density at radius 2 is 2.00 bits per heavy atom.